The van der Waals surface area contributed by atoms with E-state index in [1.165, 1.54) is 19.5 Å². The van der Waals surface area contributed by atoms with Crippen molar-refractivity contribution in [3.63, 3.8) is 0 Å². The summed E-state index contributed by atoms with van der Waals surface area (Å²) in [6.45, 7) is 16.5. The van der Waals surface area contributed by atoms with E-state index in [0.717, 1.165) is 6.04 Å². The van der Waals surface area contributed by atoms with Crippen LogP contribution in [0.1, 0.15) is 48.0 Å². The summed E-state index contributed by atoms with van der Waals surface area (Å²) in [5.74, 6) is 0. The molecule has 3 heterocycles. The third-order valence-corrected chi connectivity index (χ3v) is 4.36. The quantitative estimate of drug-likeness (QED) is 0.660. The molecule has 3 rings (SSSR count). The molecule has 2 atom stereocenters. The maximum atomic E-state index is 3.79. The van der Waals surface area contributed by atoms with Gasteiger partial charge in [-0.25, -0.2) is 0 Å². The van der Waals surface area contributed by atoms with E-state index in [-0.39, 0.29) is 0 Å². The molecule has 3 aliphatic heterocycles. The van der Waals surface area contributed by atoms with Crippen molar-refractivity contribution < 1.29 is 0 Å². The number of nitrogens with zero attached hydrogens (tertiary/aromatic N) is 1. The SMILES string of the molecule is CC(C)(C)N1CC2CC(C(C)(C)C)(C1)N2. The van der Waals surface area contributed by atoms with Gasteiger partial charge in [0.05, 0.1) is 0 Å². The van der Waals surface area contributed by atoms with Crippen LogP contribution < -0.4 is 5.32 Å². The Hall–Kier alpha value is -0.0800. The summed E-state index contributed by atoms with van der Waals surface area (Å²) in [6.07, 6.45) is 1.36. The molecule has 15 heavy (non-hydrogen) atoms. The van der Waals surface area contributed by atoms with Gasteiger partial charge in [-0.1, -0.05) is 20.8 Å². The predicted octanol–water partition coefficient (Wildman–Crippen LogP) is 2.25. The zero-order valence-corrected chi connectivity index (χ0v) is 11.1. The molecule has 0 aromatic carbocycles. The van der Waals surface area contributed by atoms with Gasteiger partial charge in [-0.15, -0.1) is 0 Å². The normalized spacial score (nSPS) is 37.6. The molecule has 2 heteroatoms. The van der Waals surface area contributed by atoms with Crippen LogP contribution in [0.3, 0.4) is 0 Å². The van der Waals surface area contributed by atoms with E-state index in [4.69, 9.17) is 0 Å². The molecule has 0 radical (unpaired) electrons. The molecule has 2 unspecified atom stereocenters. The average molecular weight is 210 g/mol. The summed E-state index contributed by atoms with van der Waals surface area (Å²) in [5.41, 5.74) is 1.05. The minimum Gasteiger partial charge on any atom is -0.305 e. The summed E-state index contributed by atoms with van der Waals surface area (Å²) in [6, 6.07) is 0.734. The molecule has 0 aliphatic carbocycles. The molecule has 2 nitrogen and oxygen atoms in total. The number of hydrogen-bond acceptors (Lipinski definition) is 2. The molecule has 3 saturated heterocycles. The van der Waals surface area contributed by atoms with Gasteiger partial charge in [0.15, 0.2) is 0 Å². The highest BCUT2D eigenvalue weighted by atomic mass is 15.3. The highest BCUT2D eigenvalue weighted by Crippen LogP contribution is 2.45. The second kappa shape index (κ2) is 2.98. The van der Waals surface area contributed by atoms with Gasteiger partial charge >= 0.3 is 0 Å². The Balaban J connectivity index is 2.14. The largest absolute Gasteiger partial charge is 0.305 e. The van der Waals surface area contributed by atoms with Crippen molar-refractivity contribution in [1.82, 2.24) is 10.2 Å². The summed E-state index contributed by atoms with van der Waals surface area (Å²) >= 11 is 0. The molecule has 0 aromatic heterocycles. The monoisotopic (exact) mass is 210 g/mol. The highest BCUT2D eigenvalue weighted by Gasteiger charge is 2.56. The first-order chi connectivity index (χ1) is 6.64. The second-order valence-corrected chi connectivity index (χ2v) is 7.43. The van der Waals surface area contributed by atoms with Crippen LogP contribution in [0.5, 0.6) is 0 Å². The average Bonchev–Trinajstić information content (AvgIpc) is 1.99. The smallest absolute Gasteiger partial charge is 0.0375 e. The van der Waals surface area contributed by atoms with E-state index in [2.05, 4.69) is 51.8 Å². The van der Waals surface area contributed by atoms with Gasteiger partial charge in [-0.2, -0.15) is 0 Å². The van der Waals surface area contributed by atoms with E-state index >= 15 is 0 Å². The fourth-order valence-corrected chi connectivity index (χ4v) is 2.94. The molecule has 3 aliphatic rings. The summed E-state index contributed by atoms with van der Waals surface area (Å²) in [4.78, 5) is 2.64. The van der Waals surface area contributed by atoms with Crippen LogP contribution in [0.25, 0.3) is 0 Å². The minimum absolute atomic E-state index is 0.317. The van der Waals surface area contributed by atoms with Gasteiger partial charge in [-0.05, 0) is 32.6 Å². The second-order valence-electron chi connectivity index (χ2n) is 7.43. The van der Waals surface area contributed by atoms with Crippen molar-refractivity contribution in [1.29, 1.82) is 0 Å². The van der Waals surface area contributed by atoms with Crippen LogP contribution in [0.2, 0.25) is 0 Å². The van der Waals surface area contributed by atoms with E-state index in [9.17, 15) is 0 Å². The summed E-state index contributed by atoms with van der Waals surface area (Å²) in [5, 5.41) is 3.79. The Morgan fingerprint density at radius 2 is 1.67 bits per heavy atom. The van der Waals surface area contributed by atoms with Crippen molar-refractivity contribution in [3.8, 4) is 0 Å². The molecule has 0 spiro atoms. The zero-order valence-electron chi connectivity index (χ0n) is 11.1. The third-order valence-electron chi connectivity index (χ3n) is 4.36. The number of fused-ring (bicyclic) bond motifs is 2. The summed E-state index contributed by atoms with van der Waals surface area (Å²) < 4.78 is 0. The van der Waals surface area contributed by atoms with E-state index in [1.54, 1.807) is 0 Å². The molecule has 0 amide bonds. The third kappa shape index (κ3) is 1.72. The lowest BCUT2D eigenvalue weighted by Crippen LogP contribution is -2.81. The van der Waals surface area contributed by atoms with E-state index in [1.807, 2.05) is 0 Å². The van der Waals surface area contributed by atoms with Crippen molar-refractivity contribution in [2.75, 3.05) is 13.1 Å². The Kier molecular flexibility index (Phi) is 2.27. The minimum atomic E-state index is 0.317. The number of nitrogens with one attached hydrogen (secondary N) is 1. The Bertz CT molecular complexity index is 248. The lowest BCUT2D eigenvalue weighted by Gasteiger charge is -2.65. The molecule has 2 bridgehead atoms. The van der Waals surface area contributed by atoms with Crippen molar-refractivity contribution in [2.45, 2.75) is 65.1 Å². The number of piperidine rings is 1. The van der Waals surface area contributed by atoms with Gasteiger partial charge in [0.2, 0.25) is 0 Å². The lowest BCUT2D eigenvalue weighted by molar-refractivity contribution is -0.0916. The molecule has 0 aromatic rings. The van der Waals surface area contributed by atoms with E-state index < -0.39 is 0 Å². The standard InChI is InChI=1S/C13H26N2/c1-11(2,3)13-7-10(14-13)8-15(9-13)12(4,5)6/h10,14H,7-9H2,1-6H3. The molecular formula is C13H26N2. The first kappa shape index (κ1) is 11.4. The van der Waals surface area contributed by atoms with Crippen LogP contribution in [0, 0.1) is 5.41 Å². The van der Waals surface area contributed by atoms with Gasteiger partial charge in [0, 0.05) is 30.2 Å². The Morgan fingerprint density at radius 1 is 1.13 bits per heavy atom. The highest BCUT2D eigenvalue weighted by molar-refractivity contribution is 5.16. The van der Waals surface area contributed by atoms with Crippen molar-refractivity contribution in [3.05, 3.63) is 0 Å². The molecular weight excluding hydrogens is 184 g/mol. The molecule has 3 fully saturated rings. The fraction of sp³-hybridized carbons (Fsp3) is 1.00. The predicted molar refractivity (Wildman–Crippen MR) is 65.1 cm³/mol. The maximum Gasteiger partial charge on any atom is 0.0375 e. The van der Waals surface area contributed by atoms with Crippen LogP contribution in [0.4, 0.5) is 0 Å². The maximum absolute atomic E-state index is 3.79. The first-order valence-electron chi connectivity index (χ1n) is 6.17. The van der Waals surface area contributed by atoms with Crippen LogP contribution >= 0.6 is 0 Å². The molecule has 1 N–H and O–H groups in total. The fourth-order valence-electron chi connectivity index (χ4n) is 2.94. The van der Waals surface area contributed by atoms with Crippen LogP contribution in [-0.2, 0) is 0 Å². The zero-order chi connectivity index (χ0) is 11.5. The summed E-state index contributed by atoms with van der Waals surface area (Å²) in [7, 11) is 0. The van der Waals surface area contributed by atoms with Gasteiger partial charge in [0.25, 0.3) is 0 Å². The van der Waals surface area contributed by atoms with Gasteiger partial charge in [0.1, 0.15) is 0 Å². The lowest BCUT2D eigenvalue weighted by atomic mass is 9.62. The van der Waals surface area contributed by atoms with E-state index in [0.29, 0.717) is 16.5 Å². The van der Waals surface area contributed by atoms with Crippen molar-refractivity contribution >= 4 is 0 Å². The number of piperazine rings is 1. The van der Waals surface area contributed by atoms with Gasteiger partial charge in [-0.3, -0.25) is 4.90 Å². The van der Waals surface area contributed by atoms with Crippen molar-refractivity contribution in [2.24, 2.45) is 5.41 Å². The molecule has 88 valence electrons. The number of rotatable bonds is 0. The Morgan fingerprint density at radius 3 is 2.07 bits per heavy atom. The number of hydrogen-bond donors (Lipinski definition) is 1. The van der Waals surface area contributed by atoms with Crippen LogP contribution in [0.15, 0.2) is 0 Å². The first-order valence-corrected chi connectivity index (χ1v) is 6.17. The Labute approximate surface area is 94.4 Å². The van der Waals surface area contributed by atoms with Gasteiger partial charge < -0.3 is 5.32 Å². The molecule has 0 saturated carbocycles. The van der Waals surface area contributed by atoms with Crippen LogP contribution in [-0.4, -0.2) is 35.1 Å². The topological polar surface area (TPSA) is 15.3 Å².